The molecule has 6 N–H and O–H groups in total. The standard InChI is InChI=1S/C48H72N12O9S.CH3FS/c1-11-38-48(7)41(60(46(64)69-48)18-13-12-17-58-25-34(53-55-58)31-15-14-16-32(49)19-31)30(5)51-22-27(2)21-47(6,65-10)42(28(3)39(61)29(4)43(63)67-38)68-44-40(62)36(57(8)9)20-33(66-44)24-59-26-35(54-56-59)37-23-52-45(50)70-37;1-3-2/h14-16,19,23,25-30,33,36,38,40-42,44,51,62H,11-13,17-18,20-22,24,49H2,1-10H3,(H2,50,52);1H3/t27-,28+,29-,30-,33?,36?,38-,40?,41-,42-,44+,47-,48-;/m1./s1. The summed E-state index contributed by atoms with van der Waals surface area (Å²) in [5.74, 6) is -3.45. The van der Waals surface area contributed by atoms with E-state index < -0.39 is 83.7 Å². The molecule has 4 aromatic rings. The maximum absolute atomic E-state index is 14.7. The highest BCUT2D eigenvalue weighted by molar-refractivity contribution is 7.93. The lowest BCUT2D eigenvalue weighted by atomic mass is 9.78. The number of rotatable bonds is 14. The van der Waals surface area contributed by atoms with Crippen LogP contribution in [0.3, 0.4) is 0 Å². The van der Waals surface area contributed by atoms with Crippen LogP contribution in [0.4, 0.5) is 19.5 Å². The predicted molar refractivity (Wildman–Crippen MR) is 276 cm³/mol. The minimum atomic E-state index is -1.27. The van der Waals surface area contributed by atoms with Crippen LogP contribution in [-0.2, 0) is 46.4 Å². The van der Waals surface area contributed by atoms with Gasteiger partial charge in [-0.25, -0.2) is 14.5 Å². The average Bonchev–Trinajstić information content (AvgIpc) is 4.17. The van der Waals surface area contributed by atoms with Crippen LogP contribution < -0.4 is 16.8 Å². The second kappa shape index (κ2) is 25.1. The number of aliphatic hydroxyl groups is 1. The first-order valence-electron chi connectivity index (χ1n) is 24.9. The number of carbonyl (C=O) groups excluding carboxylic acids is 3. The van der Waals surface area contributed by atoms with E-state index in [0.717, 1.165) is 10.4 Å². The van der Waals surface area contributed by atoms with Crippen molar-refractivity contribution in [2.75, 3.05) is 52.0 Å². The number of aromatic nitrogens is 7. The van der Waals surface area contributed by atoms with Gasteiger partial charge in [-0.05, 0) is 98.5 Å². The van der Waals surface area contributed by atoms with Gasteiger partial charge < -0.3 is 50.5 Å². The Bertz CT molecular complexity index is 2450. The maximum atomic E-state index is 14.7. The van der Waals surface area contributed by atoms with E-state index in [2.05, 4.69) is 37.8 Å². The molecule has 24 heteroatoms. The normalized spacial score (nSPS) is 31.5. The van der Waals surface area contributed by atoms with E-state index in [4.69, 9.17) is 35.2 Å². The first kappa shape index (κ1) is 57.5. The number of ether oxygens (including phenoxy) is 5. The van der Waals surface area contributed by atoms with Crippen molar-refractivity contribution in [3.8, 4) is 21.8 Å². The first-order valence-corrected chi connectivity index (χ1v) is 26.8. The van der Waals surface area contributed by atoms with Crippen LogP contribution in [0.5, 0.6) is 0 Å². The molecular weight excluding hydrogens is 984 g/mol. The summed E-state index contributed by atoms with van der Waals surface area (Å²) in [6, 6.07) is 6.20. The van der Waals surface area contributed by atoms with Crippen molar-refractivity contribution in [3.63, 3.8) is 0 Å². The van der Waals surface area contributed by atoms with E-state index >= 15 is 0 Å². The number of likely N-dealkylation sites (N-methyl/N-ethyl adjacent to an activating group) is 1. The summed E-state index contributed by atoms with van der Waals surface area (Å²) < 4.78 is 46.0. The van der Waals surface area contributed by atoms with Gasteiger partial charge in [-0.15, -0.1) is 10.2 Å². The van der Waals surface area contributed by atoms with Crippen LogP contribution in [0.15, 0.2) is 42.9 Å². The predicted octanol–water partition coefficient (Wildman–Crippen LogP) is 5.50. The second-order valence-corrected chi connectivity index (χ2v) is 21.5. The number of fused-ring (bicyclic) bond motifs is 1. The number of cyclic esters (lactones) is 1. The van der Waals surface area contributed by atoms with Crippen LogP contribution in [0.2, 0.25) is 0 Å². The molecule has 3 aliphatic heterocycles. The number of hydrogen-bond donors (Lipinski definition) is 4. The number of unbranched alkanes of at least 4 members (excludes halogenated alkanes) is 1. The number of amides is 1. The highest BCUT2D eigenvalue weighted by Gasteiger charge is 2.59. The second-order valence-electron chi connectivity index (χ2n) is 20.1. The Kier molecular flexibility index (Phi) is 19.8. The molecular formula is C49H75FN12O9S2. The smallest absolute Gasteiger partial charge is 0.410 e. The molecule has 0 radical (unpaired) electrons. The van der Waals surface area contributed by atoms with Crippen LogP contribution in [0, 0.1) is 17.8 Å². The minimum absolute atomic E-state index is 0.0734. The largest absolute Gasteiger partial charge is 0.458 e. The Morgan fingerprint density at radius 3 is 2.38 bits per heavy atom. The zero-order chi connectivity index (χ0) is 53.4. The van der Waals surface area contributed by atoms with Gasteiger partial charge in [-0.2, -0.15) is 3.89 Å². The van der Waals surface area contributed by atoms with E-state index in [1.165, 1.54) is 24.5 Å². The van der Waals surface area contributed by atoms with E-state index in [1.54, 1.807) is 40.7 Å². The molecule has 7 rings (SSSR count). The first-order chi connectivity index (χ1) is 34.7. The Morgan fingerprint density at radius 1 is 1.04 bits per heavy atom. The average molecular weight is 1060 g/mol. The summed E-state index contributed by atoms with van der Waals surface area (Å²) in [4.78, 5) is 51.5. The number of halogens is 1. The van der Waals surface area contributed by atoms with Gasteiger partial charge in [-0.3, -0.25) is 19.2 Å². The molecule has 404 valence electrons. The van der Waals surface area contributed by atoms with Crippen molar-refractivity contribution >= 4 is 52.1 Å². The highest BCUT2D eigenvalue weighted by atomic mass is 32.2. The number of methoxy groups -OCH3 is 1. The van der Waals surface area contributed by atoms with Gasteiger partial charge in [0.25, 0.3) is 0 Å². The van der Waals surface area contributed by atoms with Crippen LogP contribution in [0.25, 0.3) is 21.8 Å². The van der Waals surface area contributed by atoms with Gasteiger partial charge in [0.1, 0.15) is 29.5 Å². The molecule has 3 unspecified atom stereocenters. The number of nitrogen functional groups attached to an aromatic ring is 2. The van der Waals surface area contributed by atoms with E-state index in [0.29, 0.717) is 80.5 Å². The van der Waals surface area contributed by atoms with Crippen molar-refractivity contribution in [3.05, 3.63) is 42.9 Å². The number of nitrogens with two attached hydrogens (primary N) is 2. The van der Waals surface area contributed by atoms with E-state index in [-0.39, 0.29) is 24.1 Å². The molecule has 0 spiro atoms. The number of carbonyl (C=O) groups is 3. The Labute approximate surface area is 435 Å². The van der Waals surface area contributed by atoms with Crippen LogP contribution in [0.1, 0.15) is 80.6 Å². The van der Waals surface area contributed by atoms with Gasteiger partial charge in [0.2, 0.25) is 0 Å². The number of nitrogens with zero attached hydrogens (tertiary/aromatic N) is 9. The van der Waals surface area contributed by atoms with Crippen molar-refractivity contribution in [2.45, 2.75) is 154 Å². The number of aryl methyl sites for hydroxylation is 1. The summed E-state index contributed by atoms with van der Waals surface area (Å²) >= 11 is 1.56. The van der Waals surface area contributed by atoms with Crippen molar-refractivity contribution in [2.24, 2.45) is 17.8 Å². The maximum Gasteiger partial charge on any atom is 0.410 e. The van der Waals surface area contributed by atoms with Gasteiger partial charge >= 0.3 is 12.1 Å². The number of nitrogens with one attached hydrogen (secondary N) is 1. The highest BCUT2D eigenvalue weighted by Crippen LogP contribution is 2.40. The van der Waals surface area contributed by atoms with Gasteiger partial charge in [0.15, 0.2) is 22.8 Å². The number of benzene rings is 1. The van der Waals surface area contributed by atoms with E-state index in [1.807, 2.05) is 77.2 Å². The number of Topliss-reactive ketones (excluding diaryl/α,β-unsaturated/α-hetero) is 1. The van der Waals surface area contributed by atoms with Gasteiger partial charge in [0.05, 0.1) is 47.7 Å². The fraction of sp³-hybridized carbons (Fsp3) is 0.673. The fourth-order valence-corrected chi connectivity index (χ4v) is 11.2. The fourth-order valence-electron chi connectivity index (χ4n) is 10.6. The number of anilines is 2. The molecule has 3 aliphatic rings. The molecule has 1 aromatic carbocycles. The minimum Gasteiger partial charge on any atom is -0.458 e. The van der Waals surface area contributed by atoms with E-state index in [9.17, 15) is 23.4 Å². The molecule has 13 atom stereocenters. The molecule has 1 amide bonds. The number of esters is 1. The molecule has 6 heterocycles. The lowest BCUT2D eigenvalue weighted by molar-refractivity contribution is -0.299. The molecule has 73 heavy (non-hydrogen) atoms. The van der Waals surface area contributed by atoms with Gasteiger partial charge in [0, 0.05) is 74.1 Å². The number of aliphatic hydroxyl groups excluding tert-OH is 1. The Balaban J connectivity index is 0.00000283. The summed E-state index contributed by atoms with van der Waals surface area (Å²) in [7, 11) is 5.33. The third-order valence-electron chi connectivity index (χ3n) is 14.4. The van der Waals surface area contributed by atoms with Gasteiger partial charge in [-0.1, -0.05) is 54.7 Å². The molecule has 3 aromatic heterocycles. The SMILES string of the molecule is CC[C@H]1OC(=O)[C@H](C)C(=O)[C@H](C)[C@@H](O[C@@H]2OC(Cn3cc(-c4cnc(N)s4)nn3)CC(N(C)C)C2O)[C@](C)(OC)C[C@@H](C)CN[C@H](C)[C@H]2N(CCCCn3cc(-c4cccc(N)c4)nn3)C(=O)O[C@]12C.CSF. The summed E-state index contributed by atoms with van der Waals surface area (Å²) in [6.45, 7) is 14.6. The molecule has 0 saturated carbocycles. The lowest BCUT2D eigenvalue weighted by Gasteiger charge is -2.47. The van der Waals surface area contributed by atoms with Crippen molar-refractivity contribution in [1.29, 1.82) is 0 Å². The summed E-state index contributed by atoms with van der Waals surface area (Å²) in [6.07, 6.45) is 3.99. The number of thiazole rings is 1. The molecule has 21 nitrogen and oxygen atoms in total. The molecule has 0 aliphatic carbocycles. The van der Waals surface area contributed by atoms with Crippen molar-refractivity contribution in [1.82, 2.24) is 50.1 Å². The Morgan fingerprint density at radius 2 is 1.73 bits per heavy atom. The molecule has 0 bridgehead atoms. The summed E-state index contributed by atoms with van der Waals surface area (Å²) in [5, 5.41) is 33.3. The topological polar surface area (TPSA) is 262 Å². The summed E-state index contributed by atoms with van der Waals surface area (Å²) in [5.41, 5.74) is 12.3. The zero-order valence-corrected chi connectivity index (χ0v) is 45.5. The van der Waals surface area contributed by atoms with Crippen LogP contribution >= 0.6 is 23.5 Å². The number of ketones is 1. The Hall–Kier alpha value is -4.82. The van der Waals surface area contributed by atoms with Crippen LogP contribution in [-0.4, -0.2) is 168 Å². The van der Waals surface area contributed by atoms with Crippen molar-refractivity contribution < 1.29 is 47.1 Å². The monoisotopic (exact) mass is 1060 g/mol. The molecule has 3 fully saturated rings. The quantitative estimate of drug-likeness (QED) is 0.0526. The zero-order valence-electron chi connectivity index (χ0n) is 43.8. The molecule has 3 saturated heterocycles. The third-order valence-corrected chi connectivity index (χ3v) is 15.3. The number of hydrogen-bond acceptors (Lipinski definition) is 20. The lowest BCUT2D eigenvalue weighted by Crippen LogP contribution is -2.61. The third kappa shape index (κ3) is 13.5.